The minimum Gasteiger partial charge on any atom is -0.465 e. The van der Waals surface area contributed by atoms with Crippen LogP contribution in [0.25, 0.3) is 0 Å². The van der Waals surface area contributed by atoms with Gasteiger partial charge in [-0.2, -0.15) is 0 Å². The number of nitro benzene ring substituents is 1. The summed E-state index contributed by atoms with van der Waals surface area (Å²) >= 11 is 0. The number of carbonyl (C=O) groups is 3. The van der Waals surface area contributed by atoms with Gasteiger partial charge < -0.3 is 9.47 Å². The van der Waals surface area contributed by atoms with E-state index in [2.05, 4.69) is 0 Å². The molecule has 2 aromatic carbocycles. The van der Waals surface area contributed by atoms with E-state index in [1.54, 1.807) is 50.2 Å². The summed E-state index contributed by atoms with van der Waals surface area (Å²) in [5, 5.41) is 11.2. The fraction of sp³-hybridized carbons (Fsp3) is 0.318. The predicted molar refractivity (Wildman–Crippen MR) is 106 cm³/mol. The van der Waals surface area contributed by atoms with Crippen molar-refractivity contribution in [2.24, 2.45) is 11.3 Å². The van der Waals surface area contributed by atoms with Crippen LogP contribution >= 0.6 is 0 Å². The molecular weight excluding hydrogens is 390 g/mol. The highest BCUT2D eigenvalue weighted by molar-refractivity contribution is 6.16. The van der Waals surface area contributed by atoms with Crippen molar-refractivity contribution in [2.75, 3.05) is 13.2 Å². The van der Waals surface area contributed by atoms with Gasteiger partial charge in [0.1, 0.15) is 0 Å². The maximum Gasteiger partial charge on any atom is 0.324 e. The van der Waals surface area contributed by atoms with Crippen LogP contribution in [0.3, 0.4) is 0 Å². The summed E-state index contributed by atoms with van der Waals surface area (Å²) in [5.74, 6) is -4.17. The van der Waals surface area contributed by atoms with E-state index >= 15 is 0 Å². The van der Waals surface area contributed by atoms with Crippen LogP contribution in [0.15, 0.2) is 54.6 Å². The van der Waals surface area contributed by atoms with E-state index in [9.17, 15) is 24.5 Å². The molecule has 0 N–H and O–H groups in total. The molecule has 1 saturated carbocycles. The first-order chi connectivity index (χ1) is 14.4. The number of nitrogens with zero attached hydrogens (tertiary/aromatic N) is 1. The minimum atomic E-state index is -1.88. The lowest BCUT2D eigenvalue weighted by atomic mass is 9.97. The van der Waals surface area contributed by atoms with Crippen molar-refractivity contribution in [3.63, 3.8) is 0 Å². The largest absolute Gasteiger partial charge is 0.465 e. The zero-order valence-corrected chi connectivity index (χ0v) is 16.6. The molecule has 8 nitrogen and oxygen atoms in total. The Hall–Kier alpha value is -3.55. The Morgan fingerprint density at radius 1 is 0.967 bits per heavy atom. The number of nitro groups is 1. The number of Topliss-reactive ketones (excluding diaryl/α,β-unsaturated/α-hetero) is 1. The number of hydrogen-bond donors (Lipinski definition) is 0. The number of carbonyl (C=O) groups excluding carboxylic acids is 3. The molecule has 30 heavy (non-hydrogen) atoms. The Bertz CT molecular complexity index is 968. The molecule has 0 heterocycles. The third kappa shape index (κ3) is 3.45. The first-order valence-corrected chi connectivity index (χ1v) is 9.57. The summed E-state index contributed by atoms with van der Waals surface area (Å²) in [7, 11) is 0. The second-order valence-electron chi connectivity index (χ2n) is 6.85. The molecule has 156 valence electrons. The van der Waals surface area contributed by atoms with Gasteiger partial charge in [0, 0.05) is 23.6 Å². The molecule has 1 fully saturated rings. The average Bonchev–Trinajstić information content (AvgIpc) is 3.46. The van der Waals surface area contributed by atoms with Gasteiger partial charge in [0.05, 0.1) is 24.1 Å². The number of ether oxygens (including phenoxy) is 2. The van der Waals surface area contributed by atoms with Gasteiger partial charge in [0.25, 0.3) is 5.69 Å². The van der Waals surface area contributed by atoms with E-state index in [0.29, 0.717) is 11.1 Å². The van der Waals surface area contributed by atoms with E-state index in [4.69, 9.17) is 9.47 Å². The molecule has 0 aromatic heterocycles. The van der Waals surface area contributed by atoms with Crippen LogP contribution in [0.4, 0.5) is 5.69 Å². The van der Waals surface area contributed by atoms with E-state index in [0.717, 1.165) is 0 Å². The van der Waals surface area contributed by atoms with Crippen molar-refractivity contribution >= 4 is 23.4 Å². The van der Waals surface area contributed by atoms with Gasteiger partial charge in [-0.25, -0.2) is 0 Å². The molecule has 3 rings (SSSR count). The summed E-state index contributed by atoms with van der Waals surface area (Å²) < 4.78 is 10.3. The maximum atomic E-state index is 13.3. The van der Waals surface area contributed by atoms with Crippen LogP contribution < -0.4 is 0 Å². The molecule has 2 atom stereocenters. The van der Waals surface area contributed by atoms with Crippen LogP contribution in [0.1, 0.15) is 35.7 Å². The van der Waals surface area contributed by atoms with Gasteiger partial charge in [-0.1, -0.05) is 42.5 Å². The zero-order valence-electron chi connectivity index (χ0n) is 16.6. The SMILES string of the molecule is CCOC(=O)C1(C(=O)OCC)[C@H](C(=O)c2ccccc2)[C@H]1c1cccc([N+](=O)[O-])c1. The van der Waals surface area contributed by atoms with Crippen LogP contribution in [0.5, 0.6) is 0 Å². The molecule has 0 aliphatic heterocycles. The predicted octanol–water partition coefficient (Wildman–Crippen LogP) is 3.30. The Kier molecular flexibility index (Phi) is 5.96. The Balaban J connectivity index is 2.15. The number of hydrogen-bond acceptors (Lipinski definition) is 7. The van der Waals surface area contributed by atoms with Crippen molar-refractivity contribution < 1.29 is 28.8 Å². The first kappa shape index (κ1) is 21.2. The number of non-ortho nitro benzene ring substituents is 1. The van der Waals surface area contributed by atoms with Gasteiger partial charge in [-0.15, -0.1) is 0 Å². The minimum absolute atomic E-state index is 0.00783. The molecule has 1 aliphatic carbocycles. The maximum absolute atomic E-state index is 13.3. The monoisotopic (exact) mass is 411 g/mol. The van der Waals surface area contributed by atoms with Gasteiger partial charge in [0.15, 0.2) is 11.2 Å². The van der Waals surface area contributed by atoms with Gasteiger partial charge in [-0.05, 0) is 19.4 Å². The quantitative estimate of drug-likeness (QED) is 0.215. The smallest absolute Gasteiger partial charge is 0.324 e. The Morgan fingerprint density at radius 2 is 1.57 bits per heavy atom. The van der Waals surface area contributed by atoms with Crippen molar-refractivity contribution in [1.29, 1.82) is 0 Å². The summed E-state index contributed by atoms with van der Waals surface area (Å²) in [6, 6.07) is 13.9. The zero-order chi connectivity index (χ0) is 21.9. The lowest BCUT2D eigenvalue weighted by molar-refractivity contribution is -0.384. The van der Waals surface area contributed by atoms with E-state index < -0.39 is 39.9 Å². The highest BCUT2D eigenvalue weighted by atomic mass is 16.6. The van der Waals surface area contributed by atoms with E-state index in [1.807, 2.05) is 0 Å². The standard InChI is InChI=1S/C22H21NO7/c1-3-29-20(25)22(21(26)30-4-2)17(15-11-8-12-16(13-15)23(27)28)18(22)19(24)14-9-6-5-7-10-14/h5-13,17-18H,3-4H2,1-2H3/t17-,18+/m1/s1. The first-order valence-electron chi connectivity index (χ1n) is 9.57. The van der Waals surface area contributed by atoms with Crippen molar-refractivity contribution in [3.8, 4) is 0 Å². The van der Waals surface area contributed by atoms with Crippen molar-refractivity contribution in [2.45, 2.75) is 19.8 Å². The fourth-order valence-corrected chi connectivity index (χ4v) is 3.91. The normalized spacial score (nSPS) is 18.9. The molecule has 1 aliphatic rings. The molecule has 0 spiro atoms. The third-order valence-electron chi connectivity index (χ3n) is 5.21. The highest BCUT2D eigenvalue weighted by Crippen LogP contribution is 2.67. The number of benzene rings is 2. The second-order valence-corrected chi connectivity index (χ2v) is 6.85. The van der Waals surface area contributed by atoms with Crippen LogP contribution in [-0.4, -0.2) is 35.9 Å². The summed E-state index contributed by atoms with van der Waals surface area (Å²) in [6.07, 6.45) is 0. The number of rotatable bonds is 8. The highest BCUT2D eigenvalue weighted by Gasteiger charge is 2.79. The number of ketones is 1. The lowest BCUT2D eigenvalue weighted by Gasteiger charge is -2.15. The van der Waals surface area contributed by atoms with Crippen molar-refractivity contribution in [3.05, 3.63) is 75.8 Å². The molecule has 2 aromatic rings. The van der Waals surface area contributed by atoms with E-state index in [-0.39, 0.29) is 18.9 Å². The topological polar surface area (TPSA) is 113 Å². The molecule has 8 heteroatoms. The van der Waals surface area contributed by atoms with Crippen LogP contribution in [0.2, 0.25) is 0 Å². The summed E-state index contributed by atoms with van der Waals surface area (Å²) in [4.78, 5) is 49.9. The summed E-state index contributed by atoms with van der Waals surface area (Å²) in [5.41, 5.74) is -1.42. The number of esters is 2. The molecular formula is C22H21NO7. The average molecular weight is 411 g/mol. The molecule has 0 radical (unpaired) electrons. The molecule has 0 amide bonds. The van der Waals surface area contributed by atoms with Gasteiger partial charge >= 0.3 is 11.9 Å². The molecule has 0 unspecified atom stereocenters. The Morgan fingerprint density at radius 3 is 2.10 bits per heavy atom. The van der Waals surface area contributed by atoms with Crippen molar-refractivity contribution in [1.82, 2.24) is 0 Å². The van der Waals surface area contributed by atoms with Gasteiger partial charge in [-0.3, -0.25) is 24.5 Å². The third-order valence-corrected chi connectivity index (χ3v) is 5.21. The fourth-order valence-electron chi connectivity index (χ4n) is 3.91. The molecule has 0 saturated heterocycles. The summed E-state index contributed by atoms with van der Waals surface area (Å²) in [6.45, 7) is 3.20. The van der Waals surface area contributed by atoms with Gasteiger partial charge in [0.2, 0.25) is 0 Å². The second kappa shape index (κ2) is 8.44. The van der Waals surface area contributed by atoms with E-state index in [1.165, 1.54) is 18.2 Å². The van der Waals surface area contributed by atoms with Crippen LogP contribution in [0, 0.1) is 21.4 Å². The lowest BCUT2D eigenvalue weighted by Crippen LogP contribution is -2.34. The molecule has 0 bridgehead atoms. The Labute approximate surface area is 172 Å². The van der Waals surface area contributed by atoms with Crippen LogP contribution in [-0.2, 0) is 19.1 Å².